The molecule has 0 saturated heterocycles. The van der Waals surface area contributed by atoms with Crippen molar-refractivity contribution in [3.8, 4) is 28.8 Å². The Balaban J connectivity index is 1.92. The number of Topliss-reactive ketones (excluding diaryl/α,β-unsaturated/α-hetero) is 1. The molecular formula is C21H17FN2O3S. The van der Waals surface area contributed by atoms with Gasteiger partial charge >= 0.3 is 0 Å². The van der Waals surface area contributed by atoms with E-state index in [1.807, 2.05) is 12.1 Å². The summed E-state index contributed by atoms with van der Waals surface area (Å²) in [7, 11) is 3.10. The standard InChI is InChI=1S/C21H17FN2O3S/c1-12-8-14(4-6-16(12)22)20(25)15(10-23)21-24-17(11-28-21)13-5-7-18(26-2)19(9-13)27-3/h4-9,11,15H,1-3H3. The molecule has 2 aromatic carbocycles. The summed E-state index contributed by atoms with van der Waals surface area (Å²) in [5.41, 5.74) is 2.05. The van der Waals surface area contributed by atoms with Gasteiger partial charge in [-0.05, 0) is 48.9 Å². The van der Waals surface area contributed by atoms with E-state index < -0.39 is 17.5 Å². The molecule has 0 aliphatic rings. The molecule has 1 atom stereocenters. The molecule has 0 fully saturated rings. The lowest BCUT2D eigenvalue weighted by Gasteiger charge is -2.08. The molecule has 3 rings (SSSR count). The molecule has 0 aliphatic heterocycles. The Morgan fingerprint density at radius 1 is 1.18 bits per heavy atom. The van der Waals surface area contributed by atoms with Gasteiger partial charge in [0, 0.05) is 16.5 Å². The number of carbonyl (C=O) groups is 1. The zero-order valence-electron chi connectivity index (χ0n) is 15.5. The molecule has 5 nitrogen and oxygen atoms in total. The van der Waals surface area contributed by atoms with Crippen molar-refractivity contribution >= 4 is 17.1 Å². The number of benzene rings is 2. The summed E-state index contributed by atoms with van der Waals surface area (Å²) < 4.78 is 24.0. The highest BCUT2D eigenvalue weighted by atomic mass is 32.1. The quantitative estimate of drug-likeness (QED) is 0.562. The van der Waals surface area contributed by atoms with Crippen LogP contribution >= 0.6 is 11.3 Å². The van der Waals surface area contributed by atoms with Gasteiger partial charge < -0.3 is 9.47 Å². The Labute approximate surface area is 166 Å². The minimum Gasteiger partial charge on any atom is -0.493 e. The Bertz CT molecular complexity index is 1070. The Morgan fingerprint density at radius 3 is 2.57 bits per heavy atom. The highest BCUT2D eigenvalue weighted by Gasteiger charge is 2.25. The SMILES string of the molecule is COc1ccc(-c2csc(C(C#N)C(=O)c3ccc(F)c(C)c3)n2)cc1OC. The maximum Gasteiger partial charge on any atom is 0.186 e. The number of rotatable bonds is 6. The van der Waals surface area contributed by atoms with E-state index in [0.717, 1.165) is 5.56 Å². The van der Waals surface area contributed by atoms with Gasteiger partial charge in [-0.1, -0.05) is 0 Å². The molecule has 0 aliphatic carbocycles. The van der Waals surface area contributed by atoms with Gasteiger partial charge in [0.25, 0.3) is 0 Å². The van der Waals surface area contributed by atoms with E-state index >= 15 is 0 Å². The fourth-order valence-electron chi connectivity index (χ4n) is 2.74. The summed E-state index contributed by atoms with van der Waals surface area (Å²) >= 11 is 1.23. The van der Waals surface area contributed by atoms with Gasteiger partial charge in [-0.2, -0.15) is 5.26 Å². The first-order chi connectivity index (χ1) is 13.5. The molecule has 142 valence electrons. The smallest absolute Gasteiger partial charge is 0.186 e. The van der Waals surface area contributed by atoms with Gasteiger partial charge in [0.1, 0.15) is 10.8 Å². The monoisotopic (exact) mass is 396 g/mol. The van der Waals surface area contributed by atoms with Crippen LogP contribution in [0, 0.1) is 24.1 Å². The summed E-state index contributed by atoms with van der Waals surface area (Å²) in [5, 5.41) is 11.7. The summed E-state index contributed by atoms with van der Waals surface area (Å²) in [6.45, 7) is 1.58. The zero-order valence-corrected chi connectivity index (χ0v) is 16.3. The lowest BCUT2D eigenvalue weighted by molar-refractivity contribution is 0.0978. The average Bonchev–Trinajstić information content (AvgIpc) is 3.19. The van der Waals surface area contributed by atoms with Gasteiger partial charge in [0.05, 0.1) is 26.0 Å². The second-order valence-corrected chi connectivity index (χ2v) is 6.92. The van der Waals surface area contributed by atoms with Gasteiger partial charge in [-0.3, -0.25) is 4.79 Å². The number of nitriles is 1. The Hall–Kier alpha value is -3.24. The third-order valence-corrected chi connectivity index (χ3v) is 5.19. The lowest BCUT2D eigenvalue weighted by Crippen LogP contribution is -2.11. The van der Waals surface area contributed by atoms with Crippen LogP contribution in [0.3, 0.4) is 0 Å². The number of carbonyl (C=O) groups excluding carboxylic acids is 1. The molecule has 0 amide bonds. The minimum atomic E-state index is -1.05. The van der Waals surface area contributed by atoms with Crippen LogP contribution in [-0.2, 0) is 0 Å². The van der Waals surface area contributed by atoms with Gasteiger partial charge in [0.15, 0.2) is 23.2 Å². The first-order valence-corrected chi connectivity index (χ1v) is 9.24. The molecule has 0 N–H and O–H groups in total. The van der Waals surface area contributed by atoms with Crippen molar-refractivity contribution in [3.05, 3.63) is 63.7 Å². The van der Waals surface area contributed by atoms with E-state index in [1.54, 1.807) is 38.7 Å². The van der Waals surface area contributed by atoms with Gasteiger partial charge in [0.2, 0.25) is 0 Å². The van der Waals surface area contributed by atoms with Gasteiger partial charge in [-0.15, -0.1) is 11.3 Å². The molecule has 0 spiro atoms. The van der Waals surface area contributed by atoms with E-state index in [4.69, 9.17) is 9.47 Å². The van der Waals surface area contributed by atoms with Crippen LogP contribution in [0.4, 0.5) is 4.39 Å². The fourth-order valence-corrected chi connectivity index (χ4v) is 3.61. The second-order valence-electron chi connectivity index (χ2n) is 6.03. The van der Waals surface area contributed by atoms with E-state index in [0.29, 0.717) is 27.8 Å². The van der Waals surface area contributed by atoms with Crippen LogP contribution in [0.15, 0.2) is 41.8 Å². The highest BCUT2D eigenvalue weighted by molar-refractivity contribution is 7.10. The average molecular weight is 396 g/mol. The Morgan fingerprint density at radius 2 is 1.93 bits per heavy atom. The first kappa shape index (κ1) is 19.5. The van der Waals surface area contributed by atoms with Crippen LogP contribution in [0.1, 0.15) is 26.8 Å². The van der Waals surface area contributed by atoms with Gasteiger partial charge in [-0.25, -0.2) is 9.37 Å². The van der Waals surface area contributed by atoms with E-state index in [2.05, 4.69) is 4.98 Å². The topological polar surface area (TPSA) is 72.2 Å². The van der Waals surface area contributed by atoms with Crippen LogP contribution in [0.5, 0.6) is 11.5 Å². The molecule has 28 heavy (non-hydrogen) atoms. The molecule has 0 radical (unpaired) electrons. The zero-order chi connectivity index (χ0) is 20.3. The summed E-state index contributed by atoms with van der Waals surface area (Å²) in [6, 6.07) is 11.5. The van der Waals surface area contributed by atoms with E-state index in [9.17, 15) is 14.4 Å². The third-order valence-electron chi connectivity index (χ3n) is 4.28. The molecule has 0 bridgehead atoms. The van der Waals surface area contributed by atoms with Crippen LogP contribution in [0.25, 0.3) is 11.3 Å². The predicted octanol–water partition coefficient (Wildman–Crippen LogP) is 4.76. The van der Waals surface area contributed by atoms with Crippen LogP contribution in [0.2, 0.25) is 0 Å². The maximum absolute atomic E-state index is 13.5. The summed E-state index contributed by atoms with van der Waals surface area (Å²) in [5.74, 6) is -0.694. The summed E-state index contributed by atoms with van der Waals surface area (Å²) in [6.07, 6.45) is 0. The number of aromatic nitrogens is 1. The normalized spacial score (nSPS) is 11.5. The second kappa shape index (κ2) is 8.19. The number of ketones is 1. The fraction of sp³-hybridized carbons (Fsp3) is 0.190. The van der Waals surface area contributed by atoms with Crippen molar-refractivity contribution < 1.29 is 18.7 Å². The molecular weight excluding hydrogens is 379 g/mol. The number of methoxy groups -OCH3 is 2. The summed E-state index contributed by atoms with van der Waals surface area (Å²) in [4.78, 5) is 17.2. The number of hydrogen-bond acceptors (Lipinski definition) is 6. The molecule has 1 heterocycles. The first-order valence-electron chi connectivity index (χ1n) is 8.36. The molecule has 0 saturated carbocycles. The van der Waals surface area contributed by atoms with E-state index in [1.165, 1.54) is 29.5 Å². The van der Waals surface area contributed by atoms with Crippen LogP contribution in [-0.4, -0.2) is 25.0 Å². The van der Waals surface area contributed by atoms with Crippen molar-refractivity contribution in [1.29, 1.82) is 5.26 Å². The number of nitrogens with zero attached hydrogens (tertiary/aromatic N) is 2. The van der Waals surface area contributed by atoms with Crippen molar-refractivity contribution in [2.75, 3.05) is 14.2 Å². The molecule has 3 aromatic rings. The van der Waals surface area contributed by atoms with Crippen molar-refractivity contribution in [1.82, 2.24) is 4.98 Å². The number of ether oxygens (including phenoxy) is 2. The maximum atomic E-state index is 13.5. The molecule has 1 aromatic heterocycles. The lowest BCUT2D eigenvalue weighted by atomic mass is 9.98. The highest BCUT2D eigenvalue weighted by Crippen LogP contribution is 2.34. The number of aryl methyl sites for hydroxylation is 1. The van der Waals surface area contributed by atoms with E-state index in [-0.39, 0.29) is 5.56 Å². The third kappa shape index (κ3) is 3.73. The molecule has 7 heteroatoms. The number of hydrogen-bond donors (Lipinski definition) is 0. The predicted molar refractivity (Wildman–Crippen MR) is 104 cm³/mol. The Kier molecular flexibility index (Phi) is 5.71. The number of thiazole rings is 1. The van der Waals surface area contributed by atoms with Crippen LogP contribution < -0.4 is 9.47 Å². The van der Waals surface area contributed by atoms with Crippen molar-refractivity contribution in [2.24, 2.45) is 0 Å². The largest absolute Gasteiger partial charge is 0.493 e. The van der Waals surface area contributed by atoms with Crippen molar-refractivity contribution in [3.63, 3.8) is 0 Å². The molecule has 1 unspecified atom stereocenters. The number of halogens is 1. The van der Waals surface area contributed by atoms with Crippen molar-refractivity contribution in [2.45, 2.75) is 12.8 Å². The minimum absolute atomic E-state index is 0.285.